The van der Waals surface area contributed by atoms with E-state index in [1.807, 2.05) is 11.4 Å². The van der Waals surface area contributed by atoms with Gasteiger partial charge >= 0.3 is 0 Å². The molecule has 4 aromatic rings. The van der Waals surface area contributed by atoms with Crippen LogP contribution in [-0.4, -0.2) is 21.0 Å². The minimum absolute atomic E-state index is 0.0988. The number of fused-ring (bicyclic) bond motifs is 3. The molecule has 6 rings (SSSR count). The van der Waals surface area contributed by atoms with Gasteiger partial charge in [0.15, 0.2) is 5.13 Å². The summed E-state index contributed by atoms with van der Waals surface area (Å²) in [5, 5.41) is 15.6. The molecule has 1 aliphatic carbocycles. The molecular formula is C24H22N4O2S. The number of anilines is 1. The van der Waals surface area contributed by atoms with Crippen LogP contribution in [0, 0.1) is 17.0 Å². The van der Waals surface area contributed by atoms with Gasteiger partial charge in [0, 0.05) is 52.8 Å². The molecule has 1 unspecified atom stereocenters. The Hall–Kier alpha value is -3.19. The van der Waals surface area contributed by atoms with E-state index in [2.05, 4.69) is 34.6 Å². The lowest BCUT2D eigenvalue weighted by Gasteiger charge is -2.39. The fraction of sp³-hybridized carbons (Fsp3) is 0.292. The van der Waals surface area contributed by atoms with Crippen molar-refractivity contribution in [1.29, 1.82) is 0 Å². The number of nitro groups is 1. The highest BCUT2D eigenvalue weighted by atomic mass is 32.1. The van der Waals surface area contributed by atoms with E-state index in [1.165, 1.54) is 40.2 Å². The summed E-state index contributed by atoms with van der Waals surface area (Å²) in [7, 11) is 0. The molecule has 2 aliphatic rings. The second kappa shape index (κ2) is 6.92. The Kier molecular flexibility index (Phi) is 4.14. The topological polar surface area (TPSA) is 64.2 Å². The van der Waals surface area contributed by atoms with Crippen molar-refractivity contribution in [1.82, 2.24) is 9.55 Å². The van der Waals surface area contributed by atoms with Crippen LogP contribution in [0.1, 0.15) is 35.7 Å². The highest BCUT2D eigenvalue weighted by molar-refractivity contribution is 7.14. The summed E-state index contributed by atoms with van der Waals surface area (Å²) < 4.78 is 2.53. The van der Waals surface area contributed by atoms with Crippen LogP contribution < -0.4 is 4.90 Å². The van der Waals surface area contributed by atoms with Crippen molar-refractivity contribution in [2.45, 2.75) is 38.8 Å². The highest BCUT2D eigenvalue weighted by Crippen LogP contribution is 2.45. The van der Waals surface area contributed by atoms with Gasteiger partial charge in [-0.1, -0.05) is 23.8 Å². The van der Waals surface area contributed by atoms with E-state index in [4.69, 9.17) is 4.98 Å². The molecule has 31 heavy (non-hydrogen) atoms. The Balaban J connectivity index is 1.40. The van der Waals surface area contributed by atoms with Crippen LogP contribution in [0.4, 0.5) is 10.8 Å². The quantitative estimate of drug-likeness (QED) is 0.301. The molecule has 0 fully saturated rings. The Morgan fingerprint density at radius 3 is 2.97 bits per heavy atom. The largest absolute Gasteiger partial charge is 0.341 e. The SMILES string of the molecule is Cc1ccc2c(c1)c1c3n2CCN(c2nc(-c4cccc([N+](=O)[O-])c4)cs2)C3CCC1. The molecule has 1 aliphatic heterocycles. The summed E-state index contributed by atoms with van der Waals surface area (Å²) in [6.45, 7) is 4.05. The predicted octanol–water partition coefficient (Wildman–Crippen LogP) is 5.88. The van der Waals surface area contributed by atoms with Gasteiger partial charge in [-0.2, -0.15) is 0 Å². The second-order valence-electron chi connectivity index (χ2n) is 8.46. The molecule has 0 N–H and O–H groups in total. The van der Waals surface area contributed by atoms with Crippen LogP contribution in [0.3, 0.4) is 0 Å². The first kappa shape index (κ1) is 18.6. The maximum atomic E-state index is 11.1. The molecular weight excluding hydrogens is 408 g/mol. The molecule has 0 bridgehead atoms. The number of hydrogen-bond donors (Lipinski definition) is 0. The summed E-state index contributed by atoms with van der Waals surface area (Å²) in [5.74, 6) is 0. The van der Waals surface area contributed by atoms with E-state index in [-0.39, 0.29) is 10.6 Å². The van der Waals surface area contributed by atoms with E-state index in [0.717, 1.165) is 42.3 Å². The second-order valence-corrected chi connectivity index (χ2v) is 9.30. The van der Waals surface area contributed by atoms with Gasteiger partial charge in [0.05, 0.1) is 16.7 Å². The summed E-state index contributed by atoms with van der Waals surface area (Å²) >= 11 is 1.63. The van der Waals surface area contributed by atoms with Crippen molar-refractivity contribution in [3.63, 3.8) is 0 Å². The fourth-order valence-electron chi connectivity index (χ4n) is 5.25. The number of aryl methyl sites for hydroxylation is 2. The van der Waals surface area contributed by atoms with E-state index in [9.17, 15) is 10.1 Å². The molecule has 2 aromatic heterocycles. The molecule has 0 saturated heterocycles. The van der Waals surface area contributed by atoms with Crippen LogP contribution in [0.5, 0.6) is 0 Å². The lowest BCUT2D eigenvalue weighted by atomic mass is 9.90. The number of rotatable bonds is 3. The first-order chi connectivity index (χ1) is 15.1. The smallest absolute Gasteiger partial charge is 0.270 e. The number of aromatic nitrogens is 2. The Morgan fingerprint density at radius 1 is 1.19 bits per heavy atom. The molecule has 3 heterocycles. The average molecular weight is 431 g/mol. The van der Waals surface area contributed by atoms with Crippen LogP contribution in [0.2, 0.25) is 0 Å². The highest BCUT2D eigenvalue weighted by Gasteiger charge is 2.36. The summed E-state index contributed by atoms with van der Waals surface area (Å²) in [4.78, 5) is 18.2. The fourth-order valence-corrected chi connectivity index (χ4v) is 6.17. The van der Waals surface area contributed by atoms with Crippen molar-refractivity contribution in [3.8, 4) is 11.3 Å². The Bertz CT molecular complexity index is 1340. The van der Waals surface area contributed by atoms with Gasteiger partial charge < -0.3 is 9.47 Å². The molecule has 0 saturated carbocycles. The van der Waals surface area contributed by atoms with Crippen molar-refractivity contribution in [2.75, 3.05) is 11.4 Å². The van der Waals surface area contributed by atoms with E-state index in [1.54, 1.807) is 23.5 Å². The van der Waals surface area contributed by atoms with Gasteiger partial charge in [-0.15, -0.1) is 11.3 Å². The van der Waals surface area contributed by atoms with Crippen molar-refractivity contribution in [3.05, 3.63) is 74.8 Å². The lowest BCUT2D eigenvalue weighted by molar-refractivity contribution is -0.384. The molecule has 6 nitrogen and oxygen atoms in total. The molecule has 0 spiro atoms. The molecule has 0 radical (unpaired) electrons. The van der Waals surface area contributed by atoms with Gasteiger partial charge in [-0.05, 0) is 43.9 Å². The number of nitro benzene ring substituents is 1. The molecule has 0 amide bonds. The Morgan fingerprint density at radius 2 is 2.10 bits per heavy atom. The van der Waals surface area contributed by atoms with Crippen molar-refractivity contribution >= 4 is 33.1 Å². The number of non-ortho nitro benzene ring substituents is 1. The zero-order valence-electron chi connectivity index (χ0n) is 17.2. The number of thiazole rings is 1. The first-order valence-corrected chi connectivity index (χ1v) is 11.6. The number of hydrogen-bond acceptors (Lipinski definition) is 5. The van der Waals surface area contributed by atoms with Crippen molar-refractivity contribution < 1.29 is 4.92 Å². The first-order valence-electron chi connectivity index (χ1n) is 10.7. The zero-order valence-corrected chi connectivity index (χ0v) is 18.1. The average Bonchev–Trinajstić information content (AvgIpc) is 3.39. The van der Waals surface area contributed by atoms with Crippen LogP contribution >= 0.6 is 11.3 Å². The maximum absolute atomic E-state index is 11.1. The summed E-state index contributed by atoms with van der Waals surface area (Å²) in [6.07, 6.45) is 3.46. The minimum atomic E-state index is -0.356. The van der Waals surface area contributed by atoms with Gasteiger partial charge in [0.25, 0.3) is 5.69 Å². The molecule has 2 aromatic carbocycles. The standard InChI is InChI=1S/C24H22N4O2S/c1-15-8-9-21-19(12-15)18-6-3-7-22-23(18)26(21)10-11-27(22)24-25-20(14-31-24)16-4-2-5-17(13-16)28(29)30/h2,4-5,8-9,12-14,22H,3,6-7,10-11H2,1H3. The van der Waals surface area contributed by atoms with Crippen LogP contribution in [0.15, 0.2) is 47.8 Å². The maximum Gasteiger partial charge on any atom is 0.270 e. The third-order valence-corrected chi connectivity index (χ3v) is 7.50. The van der Waals surface area contributed by atoms with E-state index in [0.29, 0.717) is 6.04 Å². The van der Waals surface area contributed by atoms with Gasteiger partial charge in [0.1, 0.15) is 0 Å². The zero-order chi connectivity index (χ0) is 21.1. The molecule has 156 valence electrons. The van der Waals surface area contributed by atoms with Crippen LogP contribution in [-0.2, 0) is 13.0 Å². The van der Waals surface area contributed by atoms with Gasteiger partial charge in [0.2, 0.25) is 0 Å². The van der Waals surface area contributed by atoms with Gasteiger partial charge in [-0.25, -0.2) is 4.98 Å². The monoisotopic (exact) mass is 430 g/mol. The molecule has 1 atom stereocenters. The lowest BCUT2D eigenvalue weighted by Crippen LogP contribution is -2.39. The predicted molar refractivity (Wildman–Crippen MR) is 124 cm³/mol. The number of nitrogens with zero attached hydrogens (tertiary/aromatic N) is 4. The van der Waals surface area contributed by atoms with E-state index >= 15 is 0 Å². The summed E-state index contributed by atoms with van der Waals surface area (Å²) in [6, 6.07) is 13.9. The minimum Gasteiger partial charge on any atom is -0.341 e. The van der Waals surface area contributed by atoms with Crippen LogP contribution in [0.25, 0.3) is 22.2 Å². The normalized spacial score (nSPS) is 17.7. The van der Waals surface area contributed by atoms with E-state index < -0.39 is 0 Å². The third-order valence-electron chi connectivity index (χ3n) is 6.62. The number of benzene rings is 2. The Labute approximate surface area is 183 Å². The van der Waals surface area contributed by atoms with Gasteiger partial charge in [-0.3, -0.25) is 10.1 Å². The third kappa shape index (κ3) is 2.87. The summed E-state index contributed by atoms with van der Waals surface area (Å²) in [5.41, 5.74) is 7.34. The van der Waals surface area contributed by atoms with Crippen molar-refractivity contribution in [2.24, 2.45) is 0 Å². The molecule has 7 heteroatoms.